The van der Waals surface area contributed by atoms with E-state index in [1.807, 2.05) is 0 Å². The minimum atomic E-state index is -0.995. The highest BCUT2D eigenvalue weighted by Crippen LogP contribution is 2.07. The third kappa shape index (κ3) is 6.90. The topological polar surface area (TPSA) is 83.8 Å². The Bertz CT molecular complexity index is 214. The van der Waals surface area contributed by atoms with Crippen LogP contribution in [0.3, 0.4) is 0 Å². The maximum Gasteiger partial charge on any atom is 0.308 e. The highest BCUT2D eigenvalue weighted by molar-refractivity contribution is 5.71. The predicted octanol–water partition coefficient (Wildman–Crippen LogP) is 0.944. The van der Waals surface area contributed by atoms with Gasteiger partial charge in [-0.2, -0.15) is 0 Å². The van der Waals surface area contributed by atoms with E-state index in [2.05, 4.69) is 0 Å². The van der Waals surface area contributed by atoms with Gasteiger partial charge >= 0.3 is 11.9 Å². The van der Waals surface area contributed by atoms with Gasteiger partial charge in [0.05, 0.1) is 18.9 Å². The molecule has 0 amide bonds. The van der Waals surface area contributed by atoms with Crippen molar-refractivity contribution >= 4 is 11.9 Å². The highest BCUT2D eigenvalue weighted by atomic mass is 16.5. The lowest BCUT2D eigenvalue weighted by Crippen LogP contribution is -2.23. The fourth-order valence-corrected chi connectivity index (χ4v) is 1.03. The minimum Gasteiger partial charge on any atom is -0.481 e. The zero-order valence-electron chi connectivity index (χ0n) is 9.10. The quantitative estimate of drug-likeness (QED) is 0.621. The summed E-state index contributed by atoms with van der Waals surface area (Å²) in [7, 11) is 0. The lowest BCUT2D eigenvalue weighted by Gasteiger charge is -2.15. The van der Waals surface area contributed by atoms with Crippen molar-refractivity contribution in [2.24, 2.45) is 0 Å². The second-order valence-corrected chi connectivity index (χ2v) is 3.38. The first kappa shape index (κ1) is 13.9. The average Bonchev–Trinajstić information content (AvgIpc) is 2.15. The van der Waals surface area contributed by atoms with Crippen LogP contribution in [0.15, 0.2) is 0 Å². The molecule has 0 spiro atoms. The van der Waals surface area contributed by atoms with Crippen molar-refractivity contribution in [1.82, 2.24) is 0 Å². The van der Waals surface area contributed by atoms with E-state index in [1.54, 1.807) is 13.8 Å². The van der Waals surface area contributed by atoms with Crippen LogP contribution in [0, 0.1) is 0 Å². The minimum absolute atomic E-state index is 0.0768. The van der Waals surface area contributed by atoms with Gasteiger partial charge in [-0.25, -0.2) is 0 Å². The summed E-state index contributed by atoms with van der Waals surface area (Å²) in [5, 5.41) is 17.7. The Balaban J connectivity index is 3.95. The van der Waals surface area contributed by atoms with Gasteiger partial charge in [-0.05, 0) is 12.8 Å². The fraction of sp³-hybridized carbons (Fsp3) is 0.800. The van der Waals surface area contributed by atoms with E-state index in [-0.39, 0.29) is 12.8 Å². The number of rotatable bonds is 7. The zero-order chi connectivity index (χ0) is 11.8. The summed E-state index contributed by atoms with van der Waals surface area (Å²) >= 11 is 0. The van der Waals surface area contributed by atoms with Gasteiger partial charge in [-0.15, -0.1) is 0 Å². The number of carboxylic acids is 1. The molecule has 0 aliphatic carbocycles. The molecule has 5 nitrogen and oxygen atoms in total. The number of carboxylic acid groups (broad SMARTS) is 1. The van der Waals surface area contributed by atoms with Crippen LogP contribution in [0.25, 0.3) is 0 Å². The molecule has 0 fully saturated rings. The molecule has 0 aromatic carbocycles. The number of ether oxygens (including phenoxy) is 1. The van der Waals surface area contributed by atoms with Crippen molar-refractivity contribution in [2.75, 3.05) is 0 Å². The number of carbonyl (C=O) groups excluding carboxylic acids is 1. The summed E-state index contributed by atoms with van der Waals surface area (Å²) in [5.74, 6) is -1.54. The number of hydrogen-bond donors (Lipinski definition) is 2. The molecular formula is C10H18O5. The van der Waals surface area contributed by atoms with Crippen LogP contribution in [0.2, 0.25) is 0 Å². The molecule has 0 saturated heterocycles. The molecule has 0 aliphatic rings. The van der Waals surface area contributed by atoms with Crippen molar-refractivity contribution in [1.29, 1.82) is 0 Å². The third-order valence-corrected chi connectivity index (χ3v) is 2.03. The zero-order valence-corrected chi connectivity index (χ0v) is 9.10. The number of aliphatic hydroxyl groups is 1. The Morgan fingerprint density at radius 1 is 1.20 bits per heavy atom. The molecule has 0 aromatic heterocycles. The maximum absolute atomic E-state index is 11.2. The van der Waals surface area contributed by atoms with Crippen molar-refractivity contribution in [3.8, 4) is 0 Å². The van der Waals surface area contributed by atoms with Gasteiger partial charge in [0.25, 0.3) is 0 Å². The first-order valence-corrected chi connectivity index (χ1v) is 5.08. The van der Waals surface area contributed by atoms with Gasteiger partial charge in [0.15, 0.2) is 0 Å². The molecule has 0 aromatic rings. The number of carbonyl (C=O) groups is 2. The van der Waals surface area contributed by atoms with Crippen molar-refractivity contribution in [3.05, 3.63) is 0 Å². The molecule has 2 N–H and O–H groups in total. The van der Waals surface area contributed by atoms with Crippen molar-refractivity contribution in [2.45, 2.75) is 51.7 Å². The molecule has 0 aliphatic heterocycles. The maximum atomic E-state index is 11.2. The Morgan fingerprint density at radius 2 is 1.80 bits per heavy atom. The van der Waals surface area contributed by atoms with E-state index in [4.69, 9.17) is 9.84 Å². The Labute approximate surface area is 89.0 Å². The smallest absolute Gasteiger partial charge is 0.308 e. The van der Waals surface area contributed by atoms with Crippen LogP contribution in [0.1, 0.15) is 39.5 Å². The van der Waals surface area contributed by atoms with Gasteiger partial charge in [-0.3, -0.25) is 9.59 Å². The summed E-state index contributed by atoms with van der Waals surface area (Å²) in [6, 6.07) is 0. The van der Waals surface area contributed by atoms with Gasteiger partial charge in [0.2, 0.25) is 0 Å². The number of aliphatic hydroxyl groups excluding tert-OH is 1. The molecule has 0 bridgehead atoms. The first-order valence-electron chi connectivity index (χ1n) is 5.08. The van der Waals surface area contributed by atoms with E-state index in [0.717, 1.165) is 0 Å². The first-order chi connectivity index (χ1) is 6.99. The standard InChI is InChI=1S/C10H18O5/c1-3-7(11)5-10(14)15-8(4-2)6-9(12)13/h7-8,11H,3-6H2,1-2H3,(H,12,13)/t7-,8-/m1/s1. The van der Waals surface area contributed by atoms with Gasteiger partial charge < -0.3 is 14.9 Å². The molecule has 2 atom stereocenters. The lowest BCUT2D eigenvalue weighted by atomic mass is 10.2. The Kier molecular flexibility index (Phi) is 6.70. The second-order valence-electron chi connectivity index (χ2n) is 3.38. The van der Waals surface area contributed by atoms with Crippen LogP contribution in [0.4, 0.5) is 0 Å². The van der Waals surface area contributed by atoms with Gasteiger partial charge in [-0.1, -0.05) is 13.8 Å². The van der Waals surface area contributed by atoms with Gasteiger partial charge in [0, 0.05) is 0 Å². The molecule has 0 radical (unpaired) electrons. The summed E-state index contributed by atoms with van der Waals surface area (Å²) < 4.78 is 4.90. The SMILES string of the molecule is CC[C@@H](O)CC(=O)O[C@H](CC)CC(=O)O. The molecule has 0 saturated carbocycles. The second kappa shape index (κ2) is 7.23. The van der Waals surface area contributed by atoms with E-state index < -0.39 is 24.1 Å². The highest BCUT2D eigenvalue weighted by Gasteiger charge is 2.17. The summed E-state index contributed by atoms with van der Waals surface area (Å²) in [4.78, 5) is 21.6. The van der Waals surface area contributed by atoms with Gasteiger partial charge in [0.1, 0.15) is 6.10 Å². The lowest BCUT2D eigenvalue weighted by molar-refractivity contribution is -0.154. The van der Waals surface area contributed by atoms with Crippen LogP contribution >= 0.6 is 0 Å². The monoisotopic (exact) mass is 218 g/mol. The molecular weight excluding hydrogens is 200 g/mol. The largest absolute Gasteiger partial charge is 0.481 e. The van der Waals surface area contributed by atoms with E-state index in [0.29, 0.717) is 12.8 Å². The molecule has 0 rings (SSSR count). The number of esters is 1. The Morgan fingerprint density at radius 3 is 2.20 bits per heavy atom. The van der Waals surface area contributed by atoms with Crippen LogP contribution in [0.5, 0.6) is 0 Å². The van der Waals surface area contributed by atoms with Crippen molar-refractivity contribution < 1.29 is 24.5 Å². The molecule has 88 valence electrons. The normalized spacial score (nSPS) is 14.3. The van der Waals surface area contributed by atoms with Crippen LogP contribution in [-0.2, 0) is 14.3 Å². The summed E-state index contributed by atoms with van der Waals surface area (Å²) in [5.41, 5.74) is 0. The molecule has 15 heavy (non-hydrogen) atoms. The number of hydrogen-bond acceptors (Lipinski definition) is 4. The molecule has 0 unspecified atom stereocenters. The fourth-order valence-electron chi connectivity index (χ4n) is 1.03. The Hall–Kier alpha value is -1.10. The van der Waals surface area contributed by atoms with Crippen molar-refractivity contribution in [3.63, 3.8) is 0 Å². The van der Waals surface area contributed by atoms with Crippen LogP contribution in [-0.4, -0.2) is 34.4 Å². The van der Waals surface area contributed by atoms with E-state index in [9.17, 15) is 14.7 Å². The van der Waals surface area contributed by atoms with E-state index >= 15 is 0 Å². The molecule has 0 heterocycles. The van der Waals surface area contributed by atoms with E-state index in [1.165, 1.54) is 0 Å². The predicted molar refractivity (Wildman–Crippen MR) is 53.3 cm³/mol. The summed E-state index contributed by atoms with van der Waals surface area (Å²) in [6.45, 7) is 3.50. The summed E-state index contributed by atoms with van der Waals surface area (Å²) in [6.07, 6.45) is -0.638. The average molecular weight is 218 g/mol. The van der Waals surface area contributed by atoms with Crippen LogP contribution < -0.4 is 0 Å². The third-order valence-electron chi connectivity index (χ3n) is 2.03. The molecule has 5 heteroatoms. The number of aliphatic carboxylic acids is 1.